The van der Waals surface area contributed by atoms with Crippen molar-refractivity contribution in [1.82, 2.24) is 0 Å². The predicted octanol–water partition coefficient (Wildman–Crippen LogP) is 2.36. The summed E-state index contributed by atoms with van der Waals surface area (Å²) in [7, 11) is 0. The van der Waals surface area contributed by atoms with Crippen molar-refractivity contribution in [3.63, 3.8) is 0 Å². The molecule has 1 rings (SSSR count). The third kappa shape index (κ3) is 2.96. The SMILES string of the molecule is CCCCCC[C@@H](O)[C@@]1(O)CC(=O)C(C)=C1C. The molecular weight excluding hydrogens is 216 g/mol. The van der Waals surface area contributed by atoms with Gasteiger partial charge in [-0.05, 0) is 31.4 Å². The van der Waals surface area contributed by atoms with Crippen LogP contribution in [0.25, 0.3) is 0 Å². The summed E-state index contributed by atoms with van der Waals surface area (Å²) in [6, 6.07) is 0. The molecule has 0 spiro atoms. The van der Waals surface area contributed by atoms with Gasteiger partial charge in [0.15, 0.2) is 5.78 Å². The first-order valence-electron chi connectivity index (χ1n) is 6.55. The fraction of sp³-hybridized carbons (Fsp3) is 0.786. The summed E-state index contributed by atoms with van der Waals surface area (Å²) in [5, 5.41) is 20.5. The number of aliphatic hydroxyl groups excluding tert-OH is 1. The number of rotatable bonds is 6. The average molecular weight is 240 g/mol. The molecule has 0 saturated heterocycles. The number of hydrogen-bond acceptors (Lipinski definition) is 3. The molecule has 0 bridgehead atoms. The van der Waals surface area contributed by atoms with Gasteiger partial charge in [-0.3, -0.25) is 4.79 Å². The van der Waals surface area contributed by atoms with Crippen LogP contribution >= 0.6 is 0 Å². The fourth-order valence-electron chi connectivity index (χ4n) is 2.41. The van der Waals surface area contributed by atoms with E-state index in [-0.39, 0.29) is 12.2 Å². The Labute approximate surface area is 104 Å². The van der Waals surface area contributed by atoms with Crippen LogP contribution in [0.1, 0.15) is 59.3 Å². The molecule has 2 atom stereocenters. The molecule has 3 nitrogen and oxygen atoms in total. The maximum absolute atomic E-state index is 11.6. The van der Waals surface area contributed by atoms with Gasteiger partial charge in [-0.2, -0.15) is 0 Å². The van der Waals surface area contributed by atoms with E-state index >= 15 is 0 Å². The van der Waals surface area contributed by atoms with E-state index in [1.54, 1.807) is 13.8 Å². The number of carbonyl (C=O) groups excluding carboxylic acids is 1. The first-order valence-corrected chi connectivity index (χ1v) is 6.55. The molecule has 0 unspecified atom stereocenters. The third-order valence-electron chi connectivity index (χ3n) is 3.94. The van der Waals surface area contributed by atoms with Crippen LogP contribution in [0.3, 0.4) is 0 Å². The zero-order valence-electron chi connectivity index (χ0n) is 11.1. The van der Waals surface area contributed by atoms with E-state index in [1.807, 2.05) is 0 Å². The largest absolute Gasteiger partial charge is 0.390 e. The zero-order chi connectivity index (χ0) is 13.1. The number of hydrogen-bond donors (Lipinski definition) is 2. The van der Waals surface area contributed by atoms with Crippen molar-refractivity contribution < 1.29 is 15.0 Å². The highest BCUT2D eigenvalue weighted by atomic mass is 16.3. The molecular formula is C14H24O3. The highest BCUT2D eigenvalue weighted by Crippen LogP contribution is 2.37. The van der Waals surface area contributed by atoms with Gasteiger partial charge in [0.05, 0.1) is 6.10 Å². The first-order chi connectivity index (χ1) is 7.93. The second-order valence-electron chi connectivity index (χ2n) is 5.14. The lowest BCUT2D eigenvalue weighted by Crippen LogP contribution is -2.42. The van der Waals surface area contributed by atoms with Crippen LogP contribution in [-0.2, 0) is 4.79 Å². The van der Waals surface area contributed by atoms with Crippen molar-refractivity contribution in [2.45, 2.75) is 71.0 Å². The molecule has 17 heavy (non-hydrogen) atoms. The van der Waals surface area contributed by atoms with Gasteiger partial charge >= 0.3 is 0 Å². The minimum absolute atomic E-state index is 0.0413. The van der Waals surface area contributed by atoms with Gasteiger partial charge in [0.25, 0.3) is 0 Å². The highest BCUT2D eigenvalue weighted by molar-refractivity contribution is 6.00. The Kier molecular flexibility index (Phi) is 4.90. The van der Waals surface area contributed by atoms with Crippen LogP contribution in [-0.4, -0.2) is 27.7 Å². The van der Waals surface area contributed by atoms with Crippen molar-refractivity contribution in [1.29, 1.82) is 0 Å². The van der Waals surface area contributed by atoms with Crippen LogP contribution in [0.2, 0.25) is 0 Å². The maximum Gasteiger partial charge on any atom is 0.161 e. The number of carbonyl (C=O) groups is 1. The van der Waals surface area contributed by atoms with E-state index in [0.717, 1.165) is 25.7 Å². The summed E-state index contributed by atoms with van der Waals surface area (Å²) in [5.74, 6) is -0.0439. The van der Waals surface area contributed by atoms with Gasteiger partial charge in [-0.15, -0.1) is 0 Å². The number of ketones is 1. The van der Waals surface area contributed by atoms with Crippen LogP contribution in [0.4, 0.5) is 0 Å². The molecule has 0 aliphatic heterocycles. The van der Waals surface area contributed by atoms with E-state index in [9.17, 15) is 15.0 Å². The molecule has 0 heterocycles. The Balaban J connectivity index is 2.57. The molecule has 1 aliphatic carbocycles. The van der Waals surface area contributed by atoms with Gasteiger partial charge in [-0.25, -0.2) is 0 Å². The third-order valence-corrected chi connectivity index (χ3v) is 3.94. The Hall–Kier alpha value is -0.670. The summed E-state index contributed by atoms with van der Waals surface area (Å²) in [6.07, 6.45) is 4.06. The molecule has 0 fully saturated rings. The summed E-state index contributed by atoms with van der Waals surface area (Å²) in [5.41, 5.74) is -0.0569. The predicted molar refractivity (Wildman–Crippen MR) is 67.7 cm³/mol. The molecule has 98 valence electrons. The van der Waals surface area contributed by atoms with Crippen LogP contribution < -0.4 is 0 Å². The quantitative estimate of drug-likeness (QED) is 0.701. The molecule has 0 aromatic rings. The number of Topliss-reactive ketones (excluding diaryl/α,β-unsaturated/α-hetero) is 1. The average Bonchev–Trinajstić information content (AvgIpc) is 2.50. The van der Waals surface area contributed by atoms with E-state index in [1.165, 1.54) is 0 Å². The van der Waals surface area contributed by atoms with E-state index in [2.05, 4.69) is 6.92 Å². The second-order valence-corrected chi connectivity index (χ2v) is 5.14. The minimum Gasteiger partial charge on any atom is -0.390 e. The highest BCUT2D eigenvalue weighted by Gasteiger charge is 2.45. The zero-order valence-corrected chi connectivity index (χ0v) is 11.1. The standard InChI is InChI=1S/C14H24O3/c1-4-5-6-7-8-13(16)14(17)9-12(15)10(2)11(14)3/h13,16-17H,4-9H2,1-3H3/t13-,14-/m1/s1. The monoisotopic (exact) mass is 240 g/mol. The van der Waals surface area contributed by atoms with Gasteiger partial charge < -0.3 is 10.2 Å². The van der Waals surface area contributed by atoms with E-state index in [0.29, 0.717) is 17.6 Å². The van der Waals surface area contributed by atoms with Gasteiger partial charge in [0.1, 0.15) is 5.60 Å². The Morgan fingerprint density at radius 1 is 1.29 bits per heavy atom. The number of allylic oxidation sites excluding steroid dienone is 1. The Morgan fingerprint density at radius 2 is 1.94 bits per heavy atom. The van der Waals surface area contributed by atoms with E-state index < -0.39 is 11.7 Å². The maximum atomic E-state index is 11.6. The van der Waals surface area contributed by atoms with Gasteiger partial charge in [0, 0.05) is 6.42 Å². The minimum atomic E-state index is -1.31. The number of aliphatic hydroxyl groups is 2. The summed E-state index contributed by atoms with van der Waals surface area (Å²) in [4.78, 5) is 11.6. The first kappa shape index (κ1) is 14.4. The summed E-state index contributed by atoms with van der Waals surface area (Å²) >= 11 is 0. The molecule has 0 radical (unpaired) electrons. The summed E-state index contributed by atoms with van der Waals surface area (Å²) in [6.45, 7) is 5.60. The molecule has 1 aliphatic rings. The van der Waals surface area contributed by atoms with Crippen molar-refractivity contribution in [3.8, 4) is 0 Å². The van der Waals surface area contributed by atoms with E-state index in [4.69, 9.17) is 0 Å². The molecule has 0 saturated carbocycles. The molecule has 0 aromatic carbocycles. The lowest BCUT2D eigenvalue weighted by atomic mass is 9.86. The smallest absolute Gasteiger partial charge is 0.161 e. The lowest BCUT2D eigenvalue weighted by molar-refractivity contribution is -0.120. The fourth-order valence-corrected chi connectivity index (χ4v) is 2.41. The van der Waals surface area contributed by atoms with Crippen LogP contribution in [0, 0.1) is 0 Å². The molecule has 2 N–H and O–H groups in total. The van der Waals surface area contributed by atoms with Crippen molar-refractivity contribution in [2.75, 3.05) is 0 Å². The normalized spacial score (nSPS) is 26.8. The molecule has 0 amide bonds. The van der Waals surface area contributed by atoms with Gasteiger partial charge in [0.2, 0.25) is 0 Å². The van der Waals surface area contributed by atoms with Gasteiger partial charge in [-0.1, -0.05) is 32.6 Å². The number of unbranched alkanes of at least 4 members (excludes halogenated alkanes) is 3. The van der Waals surface area contributed by atoms with Crippen LogP contribution in [0.15, 0.2) is 11.1 Å². The second kappa shape index (κ2) is 5.78. The molecule has 3 heteroatoms. The Bertz CT molecular complexity index is 319. The molecule has 0 aromatic heterocycles. The topological polar surface area (TPSA) is 57.5 Å². The lowest BCUT2D eigenvalue weighted by Gasteiger charge is -2.30. The van der Waals surface area contributed by atoms with Crippen molar-refractivity contribution >= 4 is 5.78 Å². The van der Waals surface area contributed by atoms with Crippen molar-refractivity contribution in [2.24, 2.45) is 0 Å². The Morgan fingerprint density at radius 3 is 2.41 bits per heavy atom. The van der Waals surface area contributed by atoms with Crippen LogP contribution in [0.5, 0.6) is 0 Å². The van der Waals surface area contributed by atoms with Crippen molar-refractivity contribution in [3.05, 3.63) is 11.1 Å². The summed E-state index contributed by atoms with van der Waals surface area (Å²) < 4.78 is 0.